The summed E-state index contributed by atoms with van der Waals surface area (Å²) in [6, 6.07) is 6.41. The van der Waals surface area contributed by atoms with Gasteiger partial charge in [0.25, 0.3) is 0 Å². The second kappa shape index (κ2) is 5.20. The quantitative estimate of drug-likeness (QED) is 0.829. The van der Waals surface area contributed by atoms with Crippen molar-refractivity contribution in [2.24, 2.45) is 5.73 Å². The fourth-order valence-electron chi connectivity index (χ4n) is 1.95. The van der Waals surface area contributed by atoms with Crippen LogP contribution in [0.1, 0.15) is 22.7 Å². The molecular weight excluding hydrogens is 277 g/mol. The molecule has 0 radical (unpaired) electrons. The summed E-state index contributed by atoms with van der Waals surface area (Å²) in [6.07, 6.45) is -4.61. The summed E-state index contributed by atoms with van der Waals surface area (Å²) in [5.41, 5.74) is 4.10. The highest BCUT2D eigenvalue weighted by molar-refractivity contribution is 5.39. The Morgan fingerprint density at radius 2 is 1.45 bits per heavy atom. The summed E-state index contributed by atoms with van der Waals surface area (Å²) in [4.78, 5) is 0. The van der Waals surface area contributed by atoms with Crippen LogP contribution in [0.4, 0.5) is 22.0 Å². The van der Waals surface area contributed by atoms with Gasteiger partial charge in [-0.3, -0.25) is 0 Å². The summed E-state index contributed by atoms with van der Waals surface area (Å²) in [7, 11) is 0. The van der Waals surface area contributed by atoms with Crippen LogP contribution in [0.5, 0.6) is 0 Å². The van der Waals surface area contributed by atoms with Gasteiger partial charge in [-0.15, -0.1) is 0 Å². The second-order valence-corrected chi connectivity index (χ2v) is 4.21. The van der Waals surface area contributed by atoms with E-state index in [0.29, 0.717) is 0 Å². The van der Waals surface area contributed by atoms with Crippen molar-refractivity contribution in [1.29, 1.82) is 0 Å². The Bertz CT molecular complexity index is 621. The SMILES string of the molecule is NC(c1ccccc1C(F)(F)F)c1cccc(F)c1F. The van der Waals surface area contributed by atoms with Crippen molar-refractivity contribution < 1.29 is 22.0 Å². The molecule has 20 heavy (non-hydrogen) atoms. The van der Waals surface area contributed by atoms with E-state index in [2.05, 4.69) is 0 Å². The van der Waals surface area contributed by atoms with Gasteiger partial charge in [0, 0.05) is 5.56 Å². The maximum atomic E-state index is 13.6. The molecule has 0 amide bonds. The number of hydrogen-bond acceptors (Lipinski definition) is 1. The Morgan fingerprint density at radius 1 is 0.850 bits per heavy atom. The van der Waals surface area contributed by atoms with E-state index in [0.717, 1.165) is 24.3 Å². The lowest BCUT2D eigenvalue weighted by molar-refractivity contribution is -0.138. The standard InChI is InChI=1S/C14H10F5N/c15-11-7-3-5-9(12(11)16)13(20)8-4-1-2-6-10(8)14(17,18)19/h1-7,13H,20H2. The summed E-state index contributed by atoms with van der Waals surface area (Å²) in [5.74, 6) is -2.39. The van der Waals surface area contributed by atoms with E-state index in [1.165, 1.54) is 18.2 Å². The first-order valence-electron chi connectivity index (χ1n) is 5.68. The monoisotopic (exact) mass is 287 g/mol. The van der Waals surface area contributed by atoms with E-state index in [-0.39, 0.29) is 11.1 Å². The lowest BCUT2D eigenvalue weighted by atomic mass is 9.94. The fourth-order valence-corrected chi connectivity index (χ4v) is 1.95. The molecule has 0 aliphatic heterocycles. The molecule has 0 saturated carbocycles. The van der Waals surface area contributed by atoms with Crippen LogP contribution in [0.25, 0.3) is 0 Å². The number of nitrogens with two attached hydrogens (primary N) is 1. The van der Waals surface area contributed by atoms with Crippen molar-refractivity contribution >= 4 is 0 Å². The van der Waals surface area contributed by atoms with Crippen molar-refractivity contribution in [2.75, 3.05) is 0 Å². The first-order chi connectivity index (χ1) is 9.32. The summed E-state index contributed by atoms with van der Waals surface area (Å²) in [6.45, 7) is 0. The molecule has 0 aliphatic carbocycles. The third-order valence-corrected chi connectivity index (χ3v) is 2.92. The molecule has 0 aliphatic rings. The second-order valence-electron chi connectivity index (χ2n) is 4.21. The van der Waals surface area contributed by atoms with Crippen molar-refractivity contribution in [1.82, 2.24) is 0 Å². The third kappa shape index (κ3) is 2.65. The van der Waals surface area contributed by atoms with Gasteiger partial charge in [-0.2, -0.15) is 13.2 Å². The Kier molecular flexibility index (Phi) is 3.76. The van der Waals surface area contributed by atoms with Crippen molar-refractivity contribution in [3.63, 3.8) is 0 Å². The van der Waals surface area contributed by atoms with Gasteiger partial charge in [0.05, 0.1) is 11.6 Å². The molecule has 2 aromatic rings. The highest BCUT2D eigenvalue weighted by atomic mass is 19.4. The largest absolute Gasteiger partial charge is 0.416 e. The average Bonchev–Trinajstić information content (AvgIpc) is 2.40. The molecule has 1 unspecified atom stereocenters. The molecule has 6 heteroatoms. The van der Waals surface area contributed by atoms with Crippen molar-refractivity contribution in [2.45, 2.75) is 12.2 Å². The average molecular weight is 287 g/mol. The van der Waals surface area contributed by atoms with Gasteiger partial charge in [-0.25, -0.2) is 8.78 Å². The topological polar surface area (TPSA) is 26.0 Å². The minimum atomic E-state index is -4.61. The normalized spacial score (nSPS) is 13.3. The molecule has 0 heterocycles. The number of halogens is 5. The zero-order valence-corrected chi connectivity index (χ0v) is 10.1. The molecule has 0 spiro atoms. The minimum Gasteiger partial charge on any atom is -0.320 e. The highest BCUT2D eigenvalue weighted by Gasteiger charge is 2.35. The van der Waals surface area contributed by atoms with E-state index in [9.17, 15) is 22.0 Å². The zero-order chi connectivity index (χ0) is 14.9. The molecule has 0 fully saturated rings. The van der Waals surface area contributed by atoms with Crippen LogP contribution in [0, 0.1) is 11.6 Å². The van der Waals surface area contributed by atoms with E-state index in [1.54, 1.807) is 0 Å². The van der Waals surface area contributed by atoms with Gasteiger partial charge in [-0.05, 0) is 17.7 Å². The van der Waals surface area contributed by atoms with Gasteiger partial charge in [0.1, 0.15) is 0 Å². The molecular formula is C14H10F5N. The molecule has 1 atom stereocenters. The molecule has 0 aromatic heterocycles. The lowest BCUT2D eigenvalue weighted by Gasteiger charge is -2.19. The predicted molar refractivity (Wildman–Crippen MR) is 63.8 cm³/mol. The molecule has 1 nitrogen and oxygen atoms in total. The summed E-state index contributed by atoms with van der Waals surface area (Å²) >= 11 is 0. The van der Waals surface area contributed by atoms with Crippen LogP contribution in [0.2, 0.25) is 0 Å². The van der Waals surface area contributed by atoms with E-state index >= 15 is 0 Å². The van der Waals surface area contributed by atoms with Crippen LogP contribution in [0.15, 0.2) is 42.5 Å². The van der Waals surface area contributed by atoms with E-state index in [4.69, 9.17) is 5.73 Å². The van der Waals surface area contributed by atoms with Crippen LogP contribution in [-0.2, 0) is 6.18 Å². The first-order valence-corrected chi connectivity index (χ1v) is 5.68. The number of rotatable bonds is 2. The molecule has 2 N–H and O–H groups in total. The lowest BCUT2D eigenvalue weighted by Crippen LogP contribution is -2.19. The maximum Gasteiger partial charge on any atom is 0.416 e. The molecule has 0 saturated heterocycles. The van der Waals surface area contributed by atoms with Gasteiger partial charge in [0.2, 0.25) is 0 Å². The Hall–Kier alpha value is -1.95. The predicted octanol–water partition coefficient (Wildman–Crippen LogP) is 4.03. The van der Waals surface area contributed by atoms with Crippen LogP contribution < -0.4 is 5.73 Å². The molecule has 0 bridgehead atoms. The highest BCUT2D eigenvalue weighted by Crippen LogP contribution is 2.36. The van der Waals surface area contributed by atoms with Gasteiger partial charge >= 0.3 is 6.18 Å². The van der Waals surface area contributed by atoms with Gasteiger partial charge in [0.15, 0.2) is 11.6 Å². The first kappa shape index (κ1) is 14.5. The van der Waals surface area contributed by atoms with Gasteiger partial charge < -0.3 is 5.73 Å². The number of benzene rings is 2. The fraction of sp³-hybridized carbons (Fsp3) is 0.143. The Labute approximate surface area is 111 Å². The molecule has 2 aromatic carbocycles. The summed E-state index contributed by atoms with van der Waals surface area (Å²) < 4.78 is 65.4. The zero-order valence-electron chi connectivity index (χ0n) is 10.1. The maximum absolute atomic E-state index is 13.6. The van der Waals surface area contributed by atoms with E-state index < -0.39 is 29.4 Å². The van der Waals surface area contributed by atoms with Crippen LogP contribution in [0.3, 0.4) is 0 Å². The molecule has 2 rings (SSSR count). The van der Waals surface area contributed by atoms with E-state index in [1.807, 2.05) is 0 Å². The number of alkyl halides is 3. The Morgan fingerprint density at radius 3 is 2.10 bits per heavy atom. The molecule has 106 valence electrons. The minimum absolute atomic E-state index is 0.301. The third-order valence-electron chi connectivity index (χ3n) is 2.92. The summed E-state index contributed by atoms with van der Waals surface area (Å²) in [5, 5.41) is 0. The van der Waals surface area contributed by atoms with Gasteiger partial charge in [-0.1, -0.05) is 30.3 Å². The van der Waals surface area contributed by atoms with Crippen molar-refractivity contribution in [3.8, 4) is 0 Å². The van der Waals surface area contributed by atoms with Crippen LogP contribution >= 0.6 is 0 Å². The Balaban J connectivity index is 2.55. The van der Waals surface area contributed by atoms with Crippen LogP contribution in [-0.4, -0.2) is 0 Å². The van der Waals surface area contributed by atoms with Crippen molar-refractivity contribution in [3.05, 3.63) is 70.8 Å². The smallest absolute Gasteiger partial charge is 0.320 e. The number of hydrogen-bond donors (Lipinski definition) is 1.